The van der Waals surface area contributed by atoms with Crippen LogP contribution in [0.25, 0.3) is 0 Å². The molecule has 5 nitrogen and oxygen atoms in total. The van der Waals surface area contributed by atoms with Crippen molar-refractivity contribution < 1.29 is 18.9 Å². The molecule has 5 heteroatoms. The maximum absolute atomic E-state index is 6.03. The van der Waals surface area contributed by atoms with Gasteiger partial charge in [0.1, 0.15) is 18.3 Å². The van der Waals surface area contributed by atoms with Gasteiger partial charge in [-0.25, -0.2) is 0 Å². The molecule has 0 unspecified atom stereocenters. The van der Waals surface area contributed by atoms with Gasteiger partial charge in [0, 0.05) is 14.2 Å². The lowest BCUT2D eigenvalue weighted by molar-refractivity contribution is -0.0858. The summed E-state index contributed by atoms with van der Waals surface area (Å²) in [6, 6.07) is 0. The second-order valence-electron chi connectivity index (χ2n) is 3.42. The number of ether oxygens (including phenoxy) is 4. The molecule has 0 bridgehead atoms. The molecule has 0 aromatic heterocycles. The summed E-state index contributed by atoms with van der Waals surface area (Å²) in [5.41, 5.74) is 5.21. The first-order valence-corrected chi connectivity index (χ1v) is 4.32. The van der Waals surface area contributed by atoms with Gasteiger partial charge >= 0.3 is 0 Å². The first kappa shape index (κ1) is 9.36. The molecule has 0 aliphatic carbocycles. The Morgan fingerprint density at radius 1 is 1.31 bits per heavy atom. The SMILES string of the molecule is CO[C@@H]1CO[C@@]2(N)[C@@H]1OC[C@H]2OC. The van der Waals surface area contributed by atoms with E-state index in [0.29, 0.717) is 13.2 Å². The lowest BCUT2D eigenvalue weighted by atomic mass is 10.0. The van der Waals surface area contributed by atoms with E-state index in [9.17, 15) is 0 Å². The van der Waals surface area contributed by atoms with E-state index in [4.69, 9.17) is 24.7 Å². The molecule has 0 aromatic carbocycles. The quantitative estimate of drug-likeness (QED) is 0.610. The molecule has 2 rings (SSSR count). The molecule has 2 saturated heterocycles. The fraction of sp³-hybridized carbons (Fsp3) is 1.00. The standard InChI is InChI=1S/C8H15NO4/c1-10-5-3-13-8(9)6(11-2)4-12-7(5)8/h5-7H,3-4,9H2,1-2H3/t5-,6-,7-,8-/m1/s1. The van der Waals surface area contributed by atoms with Crippen molar-refractivity contribution in [2.75, 3.05) is 27.4 Å². The first-order chi connectivity index (χ1) is 6.22. The number of rotatable bonds is 2. The molecule has 2 aliphatic heterocycles. The van der Waals surface area contributed by atoms with E-state index in [0.717, 1.165) is 0 Å². The highest BCUT2D eigenvalue weighted by molar-refractivity contribution is 5.04. The minimum Gasteiger partial charge on any atom is -0.376 e. The molecule has 4 atom stereocenters. The molecule has 0 amide bonds. The third-order valence-corrected chi connectivity index (χ3v) is 2.80. The van der Waals surface area contributed by atoms with E-state index in [1.165, 1.54) is 0 Å². The fourth-order valence-electron chi connectivity index (χ4n) is 1.97. The Morgan fingerprint density at radius 3 is 2.69 bits per heavy atom. The number of nitrogens with two attached hydrogens (primary N) is 1. The number of hydrogen-bond acceptors (Lipinski definition) is 5. The van der Waals surface area contributed by atoms with Crippen LogP contribution in [-0.2, 0) is 18.9 Å². The Morgan fingerprint density at radius 2 is 2.08 bits per heavy atom. The number of methoxy groups -OCH3 is 2. The van der Waals surface area contributed by atoms with Gasteiger partial charge in [-0.2, -0.15) is 0 Å². The van der Waals surface area contributed by atoms with E-state index >= 15 is 0 Å². The predicted molar refractivity (Wildman–Crippen MR) is 44.2 cm³/mol. The summed E-state index contributed by atoms with van der Waals surface area (Å²) in [5.74, 6) is 0. The van der Waals surface area contributed by atoms with Gasteiger partial charge in [0.2, 0.25) is 0 Å². The van der Waals surface area contributed by atoms with Gasteiger partial charge in [0.05, 0.1) is 13.2 Å². The number of fused-ring (bicyclic) bond motifs is 1. The summed E-state index contributed by atoms with van der Waals surface area (Å²) in [7, 11) is 3.23. The van der Waals surface area contributed by atoms with E-state index in [1.54, 1.807) is 14.2 Å². The molecule has 0 aromatic rings. The van der Waals surface area contributed by atoms with Crippen LogP contribution in [0.3, 0.4) is 0 Å². The molecule has 2 aliphatic rings. The van der Waals surface area contributed by atoms with Gasteiger partial charge < -0.3 is 18.9 Å². The van der Waals surface area contributed by atoms with Crippen LogP contribution in [0.5, 0.6) is 0 Å². The number of hydrogen-bond donors (Lipinski definition) is 1. The van der Waals surface area contributed by atoms with Crippen LogP contribution in [0.1, 0.15) is 0 Å². The fourth-order valence-corrected chi connectivity index (χ4v) is 1.97. The Kier molecular flexibility index (Phi) is 2.29. The van der Waals surface area contributed by atoms with E-state index in [1.807, 2.05) is 0 Å². The Labute approximate surface area is 77.1 Å². The normalized spacial score (nSPS) is 49.6. The summed E-state index contributed by atoms with van der Waals surface area (Å²) in [6.07, 6.45) is -0.481. The molecule has 0 spiro atoms. The highest BCUT2D eigenvalue weighted by atomic mass is 16.7. The Bertz CT molecular complexity index is 201. The van der Waals surface area contributed by atoms with Gasteiger partial charge in [-0.05, 0) is 0 Å². The average molecular weight is 189 g/mol. The highest BCUT2D eigenvalue weighted by Crippen LogP contribution is 2.35. The monoisotopic (exact) mass is 189 g/mol. The highest BCUT2D eigenvalue weighted by Gasteiger charge is 2.58. The van der Waals surface area contributed by atoms with Gasteiger partial charge in [-0.1, -0.05) is 0 Å². The zero-order valence-corrected chi connectivity index (χ0v) is 7.86. The topological polar surface area (TPSA) is 62.9 Å². The van der Waals surface area contributed by atoms with Gasteiger partial charge in [0.25, 0.3) is 0 Å². The first-order valence-electron chi connectivity index (χ1n) is 4.32. The second kappa shape index (κ2) is 3.18. The minimum absolute atomic E-state index is 0.0786. The van der Waals surface area contributed by atoms with Crippen molar-refractivity contribution in [3.8, 4) is 0 Å². The van der Waals surface area contributed by atoms with Crippen LogP contribution >= 0.6 is 0 Å². The molecule has 2 fully saturated rings. The largest absolute Gasteiger partial charge is 0.376 e. The maximum Gasteiger partial charge on any atom is 0.174 e. The lowest BCUT2D eigenvalue weighted by Crippen LogP contribution is -2.55. The zero-order valence-electron chi connectivity index (χ0n) is 7.86. The predicted octanol–water partition coefficient (Wildman–Crippen LogP) is -0.900. The van der Waals surface area contributed by atoms with Gasteiger partial charge in [0.15, 0.2) is 5.72 Å². The molecular formula is C8H15NO4. The van der Waals surface area contributed by atoms with Crippen molar-refractivity contribution in [2.45, 2.75) is 24.0 Å². The molecule has 13 heavy (non-hydrogen) atoms. The van der Waals surface area contributed by atoms with Crippen LogP contribution in [0.2, 0.25) is 0 Å². The smallest absolute Gasteiger partial charge is 0.174 e. The van der Waals surface area contributed by atoms with Gasteiger partial charge in [-0.3, -0.25) is 5.73 Å². The summed E-state index contributed by atoms with van der Waals surface area (Å²) in [6.45, 7) is 0.940. The Balaban J connectivity index is 2.15. The van der Waals surface area contributed by atoms with Crippen molar-refractivity contribution in [1.29, 1.82) is 0 Å². The molecule has 2 N–H and O–H groups in total. The zero-order chi connectivity index (χ0) is 9.47. The molecule has 76 valence electrons. The van der Waals surface area contributed by atoms with Crippen LogP contribution in [0.4, 0.5) is 0 Å². The summed E-state index contributed by atoms with van der Waals surface area (Å²) in [4.78, 5) is 0. The van der Waals surface area contributed by atoms with E-state index in [2.05, 4.69) is 0 Å². The lowest BCUT2D eigenvalue weighted by Gasteiger charge is -2.27. The van der Waals surface area contributed by atoms with Crippen LogP contribution in [0, 0.1) is 0 Å². The average Bonchev–Trinajstić information content (AvgIpc) is 2.59. The molecule has 2 heterocycles. The summed E-state index contributed by atoms with van der Waals surface area (Å²) >= 11 is 0. The van der Waals surface area contributed by atoms with Crippen molar-refractivity contribution in [2.24, 2.45) is 5.73 Å². The van der Waals surface area contributed by atoms with E-state index < -0.39 is 5.72 Å². The van der Waals surface area contributed by atoms with Gasteiger partial charge in [-0.15, -0.1) is 0 Å². The molecule has 0 saturated carbocycles. The Hall–Kier alpha value is -0.200. The summed E-state index contributed by atoms with van der Waals surface area (Å²) < 4.78 is 21.3. The summed E-state index contributed by atoms with van der Waals surface area (Å²) in [5, 5.41) is 0. The van der Waals surface area contributed by atoms with Crippen molar-refractivity contribution in [1.82, 2.24) is 0 Å². The van der Waals surface area contributed by atoms with Crippen LogP contribution < -0.4 is 5.73 Å². The molecular weight excluding hydrogens is 174 g/mol. The maximum atomic E-state index is 6.03. The van der Waals surface area contributed by atoms with Crippen LogP contribution in [-0.4, -0.2) is 51.5 Å². The third kappa shape index (κ3) is 1.19. The van der Waals surface area contributed by atoms with Crippen LogP contribution in [0.15, 0.2) is 0 Å². The molecule has 0 radical (unpaired) electrons. The third-order valence-electron chi connectivity index (χ3n) is 2.80. The van der Waals surface area contributed by atoms with E-state index in [-0.39, 0.29) is 18.3 Å². The minimum atomic E-state index is -0.824. The van der Waals surface area contributed by atoms with Crippen molar-refractivity contribution in [3.05, 3.63) is 0 Å². The second-order valence-corrected chi connectivity index (χ2v) is 3.42. The van der Waals surface area contributed by atoms with Crippen molar-refractivity contribution in [3.63, 3.8) is 0 Å². The van der Waals surface area contributed by atoms with Crippen molar-refractivity contribution >= 4 is 0 Å².